The first-order chi connectivity index (χ1) is 34.8. The van der Waals surface area contributed by atoms with Gasteiger partial charge in [0.2, 0.25) is 17.7 Å². The zero-order valence-corrected chi connectivity index (χ0v) is 44.9. The first-order valence-electron chi connectivity index (χ1n) is 27.1. The van der Waals surface area contributed by atoms with E-state index in [-0.39, 0.29) is 38.7 Å². The van der Waals surface area contributed by atoms with Gasteiger partial charge in [-0.05, 0) is 61.5 Å². The highest BCUT2D eigenvalue weighted by Gasteiger charge is 2.45. The molecule has 1 aromatic carbocycles. The monoisotopic (exact) mass is 1030 g/mol. The zero-order chi connectivity index (χ0) is 51.0. The quantitative estimate of drug-likeness (QED) is 0.0530. The number of nitrogens with zero attached hydrogens (tertiary/aromatic N) is 3. The van der Waals surface area contributed by atoms with Gasteiger partial charge < -0.3 is 50.2 Å². The highest BCUT2D eigenvalue weighted by molar-refractivity contribution is 7.99. The van der Waals surface area contributed by atoms with Crippen LogP contribution in [0, 0.1) is 11.3 Å². The number of fused-ring (bicyclic) bond motifs is 1. The number of carbonyl (C=O) groups excluding carboxylic acids is 3. The predicted molar refractivity (Wildman–Crippen MR) is 279 cm³/mol. The van der Waals surface area contributed by atoms with Gasteiger partial charge in [-0.2, -0.15) is 5.53 Å². The van der Waals surface area contributed by atoms with Gasteiger partial charge in [-0.25, -0.2) is 15.4 Å². The number of hydrogen-bond donors (Lipinski definition) is 10. The molecule has 6 unspecified atom stereocenters. The molecule has 0 spiro atoms. The number of rotatable bonds is 28. The van der Waals surface area contributed by atoms with E-state index in [2.05, 4.69) is 91.2 Å². The molecule has 20 nitrogen and oxygen atoms in total. The SMILES string of the molecule is CCC(CC)C1CC(N[C@H]2CC[C@H](NCC3CN(CCOCCOCCOCCOCC(=O)N[C@H](C(=O)N4C[C@H](O)C[C@H]4C(=O)NCc4ccc(C5SCNC5C)cc4)C(C)(C)C)NN3)C2)N2NCCC2N1. The number of aliphatic hydroxyl groups excluding tert-OH is 1. The third-order valence-electron chi connectivity index (χ3n) is 15.3. The molecule has 5 heterocycles. The number of benzene rings is 1. The van der Waals surface area contributed by atoms with Gasteiger partial charge in [-0.3, -0.25) is 30.4 Å². The number of nitrogens with one attached hydrogen (secondary N) is 9. The average Bonchev–Trinajstić information content (AvgIpc) is 4.24. The van der Waals surface area contributed by atoms with Gasteiger partial charge in [0.1, 0.15) is 18.7 Å². The van der Waals surface area contributed by atoms with E-state index in [1.165, 1.54) is 36.1 Å². The molecule has 1 saturated carbocycles. The van der Waals surface area contributed by atoms with Gasteiger partial charge >= 0.3 is 0 Å². The van der Waals surface area contributed by atoms with Crippen molar-refractivity contribution in [1.82, 2.24) is 63.2 Å². The first kappa shape index (κ1) is 57.1. The van der Waals surface area contributed by atoms with Crippen molar-refractivity contribution >= 4 is 29.5 Å². The van der Waals surface area contributed by atoms with E-state index in [0.717, 1.165) is 62.8 Å². The summed E-state index contributed by atoms with van der Waals surface area (Å²) in [5, 5.41) is 36.7. The van der Waals surface area contributed by atoms with Crippen LogP contribution in [0.15, 0.2) is 24.3 Å². The first-order valence-corrected chi connectivity index (χ1v) is 28.2. The number of likely N-dealkylation sites (tertiary alicyclic amines) is 1. The van der Waals surface area contributed by atoms with Crippen LogP contribution in [0.5, 0.6) is 0 Å². The fourth-order valence-electron chi connectivity index (χ4n) is 11.1. The summed E-state index contributed by atoms with van der Waals surface area (Å²) < 4.78 is 22.7. The van der Waals surface area contributed by atoms with Crippen molar-refractivity contribution in [2.75, 3.05) is 91.5 Å². The van der Waals surface area contributed by atoms with E-state index in [0.29, 0.717) is 87.4 Å². The molecule has 10 N–H and O–H groups in total. The Morgan fingerprint density at radius 1 is 0.889 bits per heavy atom. The van der Waals surface area contributed by atoms with Crippen molar-refractivity contribution < 1.29 is 38.4 Å². The molecule has 3 amide bonds. The van der Waals surface area contributed by atoms with Crippen LogP contribution in [-0.4, -0.2) is 190 Å². The molecule has 0 bridgehead atoms. The molecule has 1 aliphatic carbocycles. The average molecular weight is 1030 g/mol. The van der Waals surface area contributed by atoms with Crippen LogP contribution in [0.25, 0.3) is 0 Å². The van der Waals surface area contributed by atoms with Crippen molar-refractivity contribution in [3.05, 3.63) is 35.4 Å². The smallest absolute Gasteiger partial charge is 0.246 e. The minimum Gasteiger partial charge on any atom is -0.391 e. The van der Waals surface area contributed by atoms with Crippen molar-refractivity contribution in [1.29, 1.82) is 0 Å². The number of thioether (sulfide) groups is 1. The Kier molecular flexibility index (Phi) is 22.6. The second-order valence-corrected chi connectivity index (χ2v) is 22.9. The lowest BCUT2D eigenvalue weighted by molar-refractivity contribution is -0.144. The normalized spacial score (nSPS) is 29.6. The molecule has 0 aromatic heterocycles. The van der Waals surface area contributed by atoms with Crippen molar-refractivity contribution in [3.63, 3.8) is 0 Å². The molecule has 0 radical (unpaired) electrons. The summed E-state index contributed by atoms with van der Waals surface area (Å²) in [6.07, 6.45) is 8.44. The number of β-amino-alcohol motifs (C(OH)–C–C–N with tert-alkyl or cyclic N) is 1. The summed E-state index contributed by atoms with van der Waals surface area (Å²) in [7, 11) is 0. The van der Waals surface area contributed by atoms with Gasteiger partial charge in [0.25, 0.3) is 0 Å². The third kappa shape index (κ3) is 16.7. The van der Waals surface area contributed by atoms with Crippen LogP contribution in [0.4, 0.5) is 0 Å². The van der Waals surface area contributed by atoms with Gasteiger partial charge in [0.05, 0.1) is 64.7 Å². The molecule has 5 aliphatic heterocycles. The van der Waals surface area contributed by atoms with Crippen molar-refractivity contribution in [2.24, 2.45) is 11.3 Å². The van der Waals surface area contributed by atoms with E-state index < -0.39 is 35.4 Å². The summed E-state index contributed by atoms with van der Waals surface area (Å²) >= 11 is 1.88. The van der Waals surface area contributed by atoms with Crippen LogP contribution in [0.3, 0.4) is 0 Å². The van der Waals surface area contributed by atoms with Crippen LogP contribution in [-0.2, 0) is 39.9 Å². The zero-order valence-electron chi connectivity index (χ0n) is 44.1. The molecule has 72 heavy (non-hydrogen) atoms. The molecule has 1 aromatic rings. The van der Waals surface area contributed by atoms with Crippen molar-refractivity contribution in [2.45, 2.75) is 165 Å². The number of hydrazine groups is 3. The maximum atomic E-state index is 14.0. The molecule has 11 atom stereocenters. The number of amides is 3. The third-order valence-corrected chi connectivity index (χ3v) is 16.7. The molecule has 6 aliphatic rings. The topological polar surface area (TPSA) is 226 Å². The molecule has 5 saturated heterocycles. The summed E-state index contributed by atoms with van der Waals surface area (Å²) in [6.45, 7) is 18.9. The fraction of sp³-hybridized carbons (Fsp3) is 0.824. The number of hydrogen-bond acceptors (Lipinski definition) is 18. The van der Waals surface area contributed by atoms with Gasteiger partial charge in [0, 0.05) is 87.0 Å². The number of carbonyl (C=O) groups is 3. The van der Waals surface area contributed by atoms with Gasteiger partial charge in [-0.15, -0.1) is 11.8 Å². The van der Waals surface area contributed by atoms with E-state index >= 15 is 0 Å². The number of aliphatic hydroxyl groups is 1. The Morgan fingerprint density at radius 2 is 1.60 bits per heavy atom. The summed E-state index contributed by atoms with van der Waals surface area (Å²) in [5.41, 5.74) is 11.9. The van der Waals surface area contributed by atoms with E-state index in [9.17, 15) is 19.5 Å². The summed E-state index contributed by atoms with van der Waals surface area (Å²) in [5.74, 6) is 0.445. The minimum absolute atomic E-state index is 0.00729. The molecular weight excluding hydrogens is 941 g/mol. The lowest BCUT2D eigenvalue weighted by Gasteiger charge is -2.45. The maximum Gasteiger partial charge on any atom is 0.246 e. The molecule has 408 valence electrons. The Balaban J connectivity index is 0.680. The maximum absolute atomic E-state index is 14.0. The van der Waals surface area contributed by atoms with Crippen LogP contribution < -0.4 is 48.3 Å². The lowest BCUT2D eigenvalue weighted by Crippen LogP contribution is -2.66. The van der Waals surface area contributed by atoms with Crippen molar-refractivity contribution in [3.8, 4) is 0 Å². The highest BCUT2D eigenvalue weighted by atomic mass is 32.2. The Labute approximate surface area is 433 Å². The van der Waals surface area contributed by atoms with Crippen LogP contribution in [0.2, 0.25) is 0 Å². The summed E-state index contributed by atoms with van der Waals surface area (Å²) in [6, 6.07) is 8.80. The molecule has 7 rings (SSSR count). The molecular formula is C51H90N12O8S. The lowest BCUT2D eigenvalue weighted by atomic mass is 9.85. The van der Waals surface area contributed by atoms with E-state index in [4.69, 9.17) is 18.9 Å². The van der Waals surface area contributed by atoms with E-state index in [1.807, 2.05) is 44.7 Å². The highest BCUT2D eigenvalue weighted by Crippen LogP contribution is 2.36. The minimum atomic E-state index is -0.939. The van der Waals surface area contributed by atoms with Gasteiger partial charge in [0.15, 0.2) is 0 Å². The van der Waals surface area contributed by atoms with Gasteiger partial charge in [-0.1, -0.05) is 71.7 Å². The molecule has 21 heteroatoms. The van der Waals surface area contributed by atoms with E-state index in [1.54, 1.807) is 0 Å². The summed E-state index contributed by atoms with van der Waals surface area (Å²) in [4.78, 5) is 41.8. The Hall–Kier alpha value is -2.58. The largest absolute Gasteiger partial charge is 0.391 e. The second kappa shape index (κ2) is 28.5. The fourth-order valence-corrected chi connectivity index (χ4v) is 12.4. The second-order valence-electron chi connectivity index (χ2n) is 21.7. The molecule has 6 fully saturated rings. The van der Waals surface area contributed by atoms with Crippen LogP contribution >= 0.6 is 11.8 Å². The Morgan fingerprint density at radius 3 is 2.29 bits per heavy atom. The van der Waals surface area contributed by atoms with Crippen LogP contribution in [0.1, 0.15) is 109 Å². The predicted octanol–water partition coefficient (Wildman–Crippen LogP) is 1.04. The standard InChI is InChI=1S/C51H90N12O8S/c1-7-36(8-2)42-27-45(63-44(57-42)15-16-55-63)56-39-14-13-38(25-39)52-29-40-30-61(60-59-40)17-18-68-19-20-69-21-22-70-23-24-71-32-46(65)58-48(51(4,5)6)50(67)62-31-41(64)26-43(62)49(66)53-28-35-9-11-37(12-10-35)47-34(3)54-33-72-47/h9-12,34,36,38-45,47-48,52,54-57,59-60,64H,7-8,13-33H2,1-6H3,(H,53,66)(H,58,65)/t34?,38-,39-,40?,41+,42?,43-,44?,45?,47?,48+/m0/s1. The number of ether oxygens (including phenoxy) is 4. The Bertz CT molecular complexity index is 1820.